The minimum absolute atomic E-state index is 0.105. The Labute approximate surface area is 340 Å². The first-order valence-electron chi connectivity index (χ1n) is 20.1. The third-order valence-electron chi connectivity index (χ3n) is 12.3. The Bertz CT molecular complexity index is 3400. The van der Waals surface area contributed by atoms with Gasteiger partial charge in [-0.1, -0.05) is 153 Å². The first-order valence-corrected chi connectivity index (χ1v) is 20.1. The second kappa shape index (κ2) is 12.7. The minimum Gasteiger partial charge on any atom is -0.455 e. The number of fused-ring (bicyclic) bond motifs is 9. The van der Waals surface area contributed by atoms with E-state index in [4.69, 9.17) is 19.4 Å². The van der Waals surface area contributed by atoms with Crippen LogP contribution in [-0.4, -0.2) is 19.5 Å². The van der Waals surface area contributed by atoms with Gasteiger partial charge < -0.3 is 8.98 Å². The highest BCUT2D eigenvalue weighted by Crippen LogP contribution is 2.51. The predicted molar refractivity (Wildman–Crippen MR) is 241 cm³/mol. The summed E-state index contributed by atoms with van der Waals surface area (Å²) in [5.41, 5.74) is 15.3. The summed E-state index contributed by atoms with van der Waals surface area (Å²) in [6, 6.07) is 64.1. The minimum atomic E-state index is -0.105. The van der Waals surface area contributed by atoms with Crippen molar-refractivity contribution in [3.05, 3.63) is 193 Å². The Kier molecular flexibility index (Phi) is 7.20. The van der Waals surface area contributed by atoms with Crippen LogP contribution < -0.4 is 0 Å². The highest BCUT2D eigenvalue weighted by Gasteiger charge is 2.36. The lowest BCUT2D eigenvalue weighted by Crippen LogP contribution is -2.14. The van der Waals surface area contributed by atoms with Gasteiger partial charge in [-0.25, -0.2) is 15.0 Å². The van der Waals surface area contributed by atoms with Crippen LogP contribution in [0.3, 0.4) is 0 Å². The van der Waals surface area contributed by atoms with E-state index < -0.39 is 0 Å². The molecule has 0 radical (unpaired) electrons. The highest BCUT2D eigenvalue weighted by atomic mass is 16.3. The third-order valence-corrected chi connectivity index (χ3v) is 12.3. The van der Waals surface area contributed by atoms with Gasteiger partial charge in [-0.15, -0.1) is 0 Å². The molecule has 1 aliphatic carbocycles. The predicted octanol–water partition coefficient (Wildman–Crippen LogP) is 13.8. The summed E-state index contributed by atoms with van der Waals surface area (Å²) in [5.74, 6) is 1.85. The van der Waals surface area contributed by atoms with Crippen molar-refractivity contribution >= 4 is 43.7 Å². The largest absolute Gasteiger partial charge is 0.455 e. The summed E-state index contributed by atoms with van der Waals surface area (Å²) in [4.78, 5) is 15.1. The molecule has 5 heteroatoms. The number of nitrogens with zero attached hydrogens (tertiary/aromatic N) is 4. The molecule has 11 aromatic rings. The van der Waals surface area contributed by atoms with E-state index in [2.05, 4.69) is 128 Å². The third kappa shape index (κ3) is 5.08. The zero-order valence-corrected chi connectivity index (χ0v) is 32.5. The fourth-order valence-corrected chi connectivity index (χ4v) is 9.43. The van der Waals surface area contributed by atoms with Crippen LogP contribution in [-0.2, 0) is 5.41 Å². The van der Waals surface area contributed by atoms with Crippen molar-refractivity contribution in [2.45, 2.75) is 19.3 Å². The van der Waals surface area contributed by atoms with Gasteiger partial charge >= 0.3 is 0 Å². The molecule has 0 amide bonds. The quantitative estimate of drug-likeness (QED) is 0.175. The van der Waals surface area contributed by atoms with Gasteiger partial charge in [-0.3, -0.25) is 0 Å². The topological polar surface area (TPSA) is 56.7 Å². The molecular formula is C54H36N4O. The van der Waals surface area contributed by atoms with Gasteiger partial charge in [-0.2, -0.15) is 0 Å². The molecule has 278 valence electrons. The van der Waals surface area contributed by atoms with Crippen LogP contribution in [0.1, 0.15) is 25.0 Å². The number of furan rings is 1. The van der Waals surface area contributed by atoms with Gasteiger partial charge in [0.05, 0.1) is 11.0 Å². The first-order chi connectivity index (χ1) is 29.0. The summed E-state index contributed by atoms with van der Waals surface area (Å²) in [5, 5.41) is 4.42. The van der Waals surface area contributed by atoms with Crippen molar-refractivity contribution in [3.8, 4) is 62.1 Å². The molecule has 5 nitrogen and oxygen atoms in total. The lowest BCUT2D eigenvalue weighted by atomic mass is 9.82. The Morgan fingerprint density at radius 3 is 1.78 bits per heavy atom. The molecule has 0 fully saturated rings. The molecule has 1 aliphatic rings. The molecule has 0 spiro atoms. The molecule has 0 bridgehead atoms. The standard InChI is InChI=1S/C54H36N4O/c1-54(2)44-26-13-12-22-38(44)41-31-43-42-30-35(28-29-46(42)58(47(43)32-45(41)54)36-20-10-5-11-21-36)37-23-14-24-39-49-40(25-15-27-48(49)59-50(37)39)53-56-51(33-16-6-3-7-17-33)55-52(57-53)34-18-8-4-9-19-34/h3-32H,1-2H3. The number of para-hydroxylation sites is 2. The van der Waals surface area contributed by atoms with Crippen LogP contribution in [0.5, 0.6) is 0 Å². The van der Waals surface area contributed by atoms with Crippen LogP contribution in [0.4, 0.5) is 0 Å². The molecule has 0 aliphatic heterocycles. The maximum absolute atomic E-state index is 6.85. The van der Waals surface area contributed by atoms with Crippen molar-refractivity contribution < 1.29 is 4.42 Å². The molecule has 0 atom stereocenters. The fourth-order valence-electron chi connectivity index (χ4n) is 9.43. The number of aromatic nitrogens is 4. The van der Waals surface area contributed by atoms with Gasteiger partial charge in [0.15, 0.2) is 17.5 Å². The molecule has 0 N–H and O–H groups in total. The Balaban J connectivity index is 1.07. The monoisotopic (exact) mass is 756 g/mol. The summed E-state index contributed by atoms with van der Waals surface area (Å²) in [6.07, 6.45) is 0. The van der Waals surface area contributed by atoms with E-state index in [-0.39, 0.29) is 5.41 Å². The Hall–Kier alpha value is -7.63. The summed E-state index contributed by atoms with van der Waals surface area (Å²) in [7, 11) is 0. The van der Waals surface area contributed by atoms with Crippen LogP contribution in [0, 0.1) is 0 Å². The van der Waals surface area contributed by atoms with E-state index in [1.165, 1.54) is 44.1 Å². The van der Waals surface area contributed by atoms with Gasteiger partial charge in [-0.05, 0) is 70.3 Å². The van der Waals surface area contributed by atoms with E-state index in [9.17, 15) is 0 Å². The summed E-state index contributed by atoms with van der Waals surface area (Å²) in [6.45, 7) is 4.70. The lowest BCUT2D eigenvalue weighted by Gasteiger charge is -2.21. The van der Waals surface area contributed by atoms with Crippen molar-refractivity contribution in [2.24, 2.45) is 0 Å². The molecular weight excluding hydrogens is 721 g/mol. The van der Waals surface area contributed by atoms with Crippen LogP contribution in [0.25, 0.3) is 106 Å². The van der Waals surface area contributed by atoms with E-state index >= 15 is 0 Å². The molecule has 3 aromatic heterocycles. The van der Waals surface area contributed by atoms with E-state index in [1.807, 2.05) is 72.8 Å². The van der Waals surface area contributed by atoms with E-state index in [0.717, 1.165) is 55.4 Å². The van der Waals surface area contributed by atoms with Gasteiger partial charge in [0.25, 0.3) is 0 Å². The molecule has 59 heavy (non-hydrogen) atoms. The number of hydrogen-bond donors (Lipinski definition) is 0. The van der Waals surface area contributed by atoms with Gasteiger partial charge in [0.1, 0.15) is 11.2 Å². The van der Waals surface area contributed by atoms with Gasteiger partial charge in [0.2, 0.25) is 0 Å². The van der Waals surface area contributed by atoms with Crippen molar-refractivity contribution in [1.82, 2.24) is 19.5 Å². The lowest BCUT2D eigenvalue weighted by molar-refractivity contribution is 0.661. The van der Waals surface area contributed by atoms with Crippen LogP contribution in [0.2, 0.25) is 0 Å². The molecule has 0 saturated carbocycles. The Morgan fingerprint density at radius 2 is 1.03 bits per heavy atom. The Morgan fingerprint density at radius 1 is 0.424 bits per heavy atom. The average molecular weight is 757 g/mol. The van der Waals surface area contributed by atoms with Crippen molar-refractivity contribution in [1.29, 1.82) is 0 Å². The highest BCUT2D eigenvalue weighted by molar-refractivity contribution is 6.17. The number of rotatable bonds is 5. The zero-order chi connectivity index (χ0) is 39.2. The SMILES string of the molecule is CC1(C)c2ccccc2-c2cc3c4cc(-c5cccc6c5oc5cccc(-c7nc(-c8ccccc8)nc(-c8ccccc8)n7)c56)ccc4n(-c4ccccc4)c3cc21. The normalized spacial score (nSPS) is 13.1. The smallest absolute Gasteiger partial charge is 0.164 e. The van der Waals surface area contributed by atoms with Crippen LogP contribution >= 0.6 is 0 Å². The molecule has 3 heterocycles. The molecule has 0 unspecified atom stereocenters. The zero-order valence-electron chi connectivity index (χ0n) is 32.5. The second-order valence-electron chi connectivity index (χ2n) is 16.0. The van der Waals surface area contributed by atoms with E-state index in [0.29, 0.717) is 17.5 Å². The summed E-state index contributed by atoms with van der Waals surface area (Å²) < 4.78 is 9.27. The van der Waals surface area contributed by atoms with Crippen molar-refractivity contribution in [2.75, 3.05) is 0 Å². The van der Waals surface area contributed by atoms with E-state index in [1.54, 1.807) is 0 Å². The van der Waals surface area contributed by atoms with Crippen molar-refractivity contribution in [3.63, 3.8) is 0 Å². The molecule has 12 rings (SSSR count). The first kappa shape index (κ1) is 33.5. The maximum Gasteiger partial charge on any atom is 0.164 e. The summed E-state index contributed by atoms with van der Waals surface area (Å²) >= 11 is 0. The molecule has 0 saturated heterocycles. The second-order valence-corrected chi connectivity index (χ2v) is 16.0. The number of hydrogen-bond acceptors (Lipinski definition) is 4. The fraction of sp³-hybridized carbons (Fsp3) is 0.0556. The van der Waals surface area contributed by atoms with Gasteiger partial charge in [0, 0.05) is 54.9 Å². The number of benzene rings is 8. The maximum atomic E-state index is 6.85. The average Bonchev–Trinajstić information content (AvgIpc) is 3.91. The van der Waals surface area contributed by atoms with Crippen LogP contribution in [0.15, 0.2) is 186 Å². The molecule has 8 aromatic carbocycles.